The molecule has 0 aliphatic heterocycles. The summed E-state index contributed by atoms with van der Waals surface area (Å²) in [5.74, 6) is 0.843. The molecule has 2 rings (SSSR count). The normalized spacial score (nSPS) is 24.9. The summed E-state index contributed by atoms with van der Waals surface area (Å²) in [6.07, 6.45) is 7.04. The Morgan fingerprint density at radius 2 is 2.38 bits per heavy atom. The molecule has 0 saturated heterocycles. The fraction of sp³-hybridized carbons (Fsp3) is 0.615. The first-order chi connectivity index (χ1) is 7.81. The Morgan fingerprint density at radius 1 is 1.50 bits per heavy atom. The van der Waals surface area contributed by atoms with E-state index in [9.17, 15) is 0 Å². The van der Waals surface area contributed by atoms with E-state index in [2.05, 4.69) is 17.2 Å². The van der Waals surface area contributed by atoms with Crippen LogP contribution in [0.15, 0.2) is 18.3 Å². The summed E-state index contributed by atoms with van der Waals surface area (Å²) in [6.45, 7) is 3.12. The molecule has 16 heavy (non-hydrogen) atoms. The number of aromatic nitrogens is 1. The molecule has 0 amide bonds. The van der Waals surface area contributed by atoms with Gasteiger partial charge < -0.3 is 5.32 Å². The SMILES string of the molecule is CCC1CCCC1NCc1cccnc1Cl. The maximum Gasteiger partial charge on any atom is 0.133 e. The van der Waals surface area contributed by atoms with Gasteiger partial charge in [0, 0.05) is 24.3 Å². The van der Waals surface area contributed by atoms with E-state index in [4.69, 9.17) is 11.6 Å². The second-order valence-electron chi connectivity index (χ2n) is 4.54. The molecule has 1 aromatic rings. The highest BCUT2D eigenvalue weighted by Gasteiger charge is 2.24. The molecule has 0 spiro atoms. The van der Waals surface area contributed by atoms with E-state index in [0.717, 1.165) is 18.0 Å². The third-order valence-corrected chi connectivity index (χ3v) is 3.91. The molecule has 1 N–H and O–H groups in total. The lowest BCUT2D eigenvalue weighted by atomic mass is 10.0. The highest BCUT2D eigenvalue weighted by Crippen LogP contribution is 2.28. The molecule has 1 aliphatic carbocycles. The number of nitrogens with one attached hydrogen (secondary N) is 1. The van der Waals surface area contributed by atoms with Crippen molar-refractivity contribution in [2.24, 2.45) is 5.92 Å². The summed E-state index contributed by atoms with van der Waals surface area (Å²) in [7, 11) is 0. The Hall–Kier alpha value is -0.600. The maximum absolute atomic E-state index is 6.03. The summed E-state index contributed by atoms with van der Waals surface area (Å²) >= 11 is 6.03. The second-order valence-corrected chi connectivity index (χ2v) is 4.90. The van der Waals surface area contributed by atoms with Crippen LogP contribution in [0.5, 0.6) is 0 Å². The van der Waals surface area contributed by atoms with Gasteiger partial charge in [0.1, 0.15) is 5.15 Å². The van der Waals surface area contributed by atoms with Gasteiger partial charge in [-0.05, 0) is 24.8 Å². The van der Waals surface area contributed by atoms with Crippen LogP contribution in [0.4, 0.5) is 0 Å². The molecule has 2 unspecified atom stereocenters. The summed E-state index contributed by atoms with van der Waals surface area (Å²) in [6, 6.07) is 4.65. The molecule has 2 nitrogen and oxygen atoms in total. The lowest BCUT2D eigenvalue weighted by Crippen LogP contribution is -2.31. The zero-order valence-electron chi connectivity index (χ0n) is 9.75. The van der Waals surface area contributed by atoms with Crippen LogP contribution in [0, 0.1) is 5.92 Å². The number of pyridine rings is 1. The highest BCUT2D eigenvalue weighted by atomic mass is 35.5. The van der Waals surface area contributed by atoms with Gasteiger partial charge >= 0.3 is 0 Å². The Bertz CT molecular complexity index is 340. The van der Waals surface area contributed by atoms with Crippen LogP contribution >= 0.6 is 11.6 Å². The summed E-state index contributed by atoms with van der Waals surface area (Å²) in [5, 5.41) is 4.24. The molecule has 1 heterocycles. The molecule has 1 aliphatic rings. The Labute approximate surface area is 102 Å². The van der Waals surface area contributed by atoms with Crippen LogP contribution in [-0.2, 0) is 6.54 Å². The minimum Gasteiger partial charge on any atom is -0.310 e. The molecule has 88 valence electrons. The van der Waals surface area contributed by atoms with E-state index in [1.54, 1.807) is 6.20 Å². The van der Waals surface area contributed by atoms with E-state index in [1.807, 2.05) is 12.1 Å². The predicted octanol–water partition coefficient (Wildman–Crippen LogP) is 3.40. The first-order valence-electron chi connectivity index (χ1n) is 6.14. The molecule has 2 atom stereocenters. The zero-order valence-corrected chi connectivity index (χ0v) is 10.5. The molecule has 3 heteroatoms. The average molecular weight is 239 g/mol. The quantitative estimate of drug-likeness (QED) is 0.814. The topological polar surface area (TPSA) is 24.9 Å². The lowest BCUT2D eigenvalue weighted by Gasteiger charge is -2.19. The largest absolute Gasteiger partial charge is 0.310 e. The van der Waals surface area contributed by atoms with Crippen molar-refractivity contribution in [3.63, 3.8) is 0 Å². The summed E-state index contributed by atoms with van der Waals surface area (Å²) in [5.41, 5.74) is 1.10. The van der Waals surface area contributed by atoms with Crippen molar-refractivity contribution in [3.05, 3.63) is 29.0 Å². The van der Waals surface area contributed by atoms with Crippen molar-refractivity contribution in [1.29, 1.82) is 0 Å². The summed E-state index contributed by atoms with van der Waals surface area (Å²) in [4.78, 5) is 4.09. The van der Waals surface area contributed by atoms with Gasteiger partial charge in [-0.25, -0.2) is 4.98 Å². The number of rotatable bonds is 4. The minimum absolute atomic E-state index is 0.626. The van der Waals surface area contributed by atoms with Crippen LogP contribution in [0.25, 0.3) is 0 Å². The number of halogens is 1. The van der Waals surface area contributed by atoms with Crippen LogP contribution in [-0.4, -0.2) is 11.0 Å². The molecule has 0 bridgehead atoms. The van der Waals surface area contributed by atoms with Gasteiger partial charge in [-0.2, -0.15) is 0 Å². The summed E-state index contributed by atoms with van der Waals surface area (Å²) < 4.78 is 0. The van der Waals surface area contributed by atoms with Gasteiger partial charge in [0.2, 0.25) is 0 Å². The number of hydrogen-bond donors (Lipinski definition) is 1. The lowest BCUT2D eigenvalue weighted by molar-refractivity contribution is 0.389. The van der Waals surface area contributed by atoms with Gasteiger partial charge in [0.25, 0.3) is 0 Å². The fourth-order valence-electron chi connectivity index (χ4n) is 2.59. The number of nitrogens with zero attached hydrogens (tertiary/aromatic N) is 1. The van der Waals surface area contributed by atoms with Crippen molar-refractivity contribution in [1.82, 2.24) is 10.3 Å². The molecule has 1 saturated carbocycles. The number of hydrogen-bond acceptors (Lipinski definition) is 2. The molecule has 0 radical (unpaired) electrons. The third kappa shape index (κ3) is 2.74. The molecular weight excluding hydrogens is 220 g/mol. The molecular formula is C13H19ClN2. The molecule has 1 fully saturated rings. The zero-order chi connectivity index (χ0) is 11.4. The van der Waals surface area contributed by atoms with Crippen molar-refractivity contribution >= 4 is 11.6 Å². The standard InChI is InChI=1S/C13H19ClN2/c1-2-10-5-3-7-12(10)16-9-11-6-4-8-15-13(11)14/h4,6,8,10,12,16H,2-3,5,7,9H2,1H3. The first-order valence-corrected chi connectivity index (χ1v) is 6.52. The maximum atomic E-state index is 6.03. The van der Waals surface area contributed by atoms with Gasteiger partial charge in [-0.15, -0.1) is 0 Å². The van der Waals surface area contributed by atoms with Crippen molar-refractivity contribution in [2.75, 3.05) is 0 Å². The monoisotopic (exact) mass is 238 g/mol. The van der Waals surface area contributed by atoms with Gasteiger partial charge in [0.15, 0.2) is 0 Å². The van der Waals surface area contributed by atoms with E-state index in [1.165, 1.54) is 25.7 Å². The highest BCUT2D eigenvalue weighted by molar-refractivity contribution is 6.30. The van der Waals surface area contributed by atoms with Crippen LogP contribution in [0.1, 0.15) is 38.2 Å². The van der Waals surface area contributed by atoms with Crippen LogP contribution in [0.2, 0.25) is 5.15 Å². The second kappa shape index (κ2) is 5.65. The van der Waals surface area contributed by atoms with Crippen LogP contribution in [0.3, 0.4) is 0 Å². The van der Waals surface area contributed by atoms with Crippen molar-refractivity contribution < 1.29 is 0 Å². The Morgan fingerprint density at radius 3 is 3.12 bits per heavy atom. The minimum atomic E-state index is 0.626. The Kier molecular flexibility index (Phi) is 4.19. The van der Waals surface area contributed by atoms with E-state index < -0.39 is 0 Å². The van der Waals surface area contributed by atoms with E-state index >= 15 is 0 Å². The van der Waals surface area contributed by atoms with E-state index in [0.29, 0.717) is 11.2 Å². The van der Waals surface area contributed by atoms with Gasteiger partial charge in [-0.1, -0.05) is 37.4 Å². The smallest absolute Gasteiger partial charge is 0.133 e. The van der Waals surface area contributed by atoms with Gasteiger partial charge in [-0.3, -0.25) is 0 Å². The first kappa shape index (κ1) is 11.9. The average Bonchev–Trinajstić information content (AvgIpc) is 2.75. The van der Waals surface area contributed by atoms with E-state index in [-0.39, 0.29) is 0 Å². The third-order valence-electron chi connectivity index (χ3n) is 3.57. The van der Waals surface area contributed by atoms with Crippen LogP contribution < -0.4 is 5.32 Å². The molecule has 0 aromatic carbocycles. The Balaban J connectivity index is 1.90. The predicted molar refractivity (Wildman–Crippen MR) is 67.5 cm³/mol. The van der Waals surface area contributed by atoms with Crippen molar-refractivity contribution in [3.8, 4) is 0 Å². The fourth-order valence-corrected chi connectivity index (χ4v) is 2.77. The van der Waals surface area contributed by atoms with Gasteiger partial charge in [0.05, 0.1) is 0 Å². The van der Waals surface area contributed by atoms with Crippen molar-refractivity contribution in [2.45, 2.75) is 45.2 Å². The molecule has 1 aromatic heterocycles.